The first-order chi connectivity index (χ1) is 8.58. The van der Waals surface area contributed by atoms with Gasteiger partial charge in [0, 0.05) is 6.20 Å². The van der Waals surface area contributed by atoms with Crippen molar-refractivity contribution in [1.29, 1.82) is 0 Å². The number of aliphatic hydroxyl groups is 3. The number of hydrogen-bond acceptors (Lipinski definition) is 6. The Balaban J connectivity index is 2.61. The largest absolute Gasteiger partial charge is 0.466 e. The van der Waals surface area contributed by atoms with E-state index in [1.807, 2.05) is 0 Å². The molecule has 0 saturated carbocycles. The number of ether oxygens (including phenoxy) is 1. The van der Waals surface area contributed by atoms with Crippen LogP contribution in [0.2, 0.25) is 0 Å². The van der Waals surface area contributed by atoms with Crippen LogP contribution in [0.1, 0.15) is 30.7 Å². The predicted molar refractivity (Wildman–Crippen MR) is 62.4 cm³/mol. The molecule has 2 unspecified atom stereocenters. The van der Waals surface area contributed by atoms with Gasteiger partial charge in [-0.2, -0.15) is 0 Å². The maximum atomic E-state index is 11.1. The van der Waals surface area contributed by atoms with E-state index in [9.17, 15) is 15.0 Å². The van der Waals surface area contributed by atoms with Gasteiger partial charge in [0.1, 0.15) is 6.10 Å². The number of rotatable bonds is 6. The zero-order valence-electron chi connectivity index (χ0n) is 10.1. The fourth-order valence-electron chi connectivity index (χ4n) is 1.40. The van der Waals surface area contributed by atoms with Crippen LogP contribution >= 0.6 is 0 Å². The van der Waals surface area contributed by atoms with E-state index >= 15 is 0 Å². The quantitative estimate of drug-likeness (QED) is 0.615. The fourth-order valence-corrected chi connectivity index (χ4v) is 1.40. The monoisotopic (exact) mass is 255 g/mol. The normalized spacial score (nSPS) is 14.0. The Morgan fingerprint density at radius 3 is 2.67 bits per heavy atom. The lowest BCUT2D eigenvalue weighted by Crippen LogP contribution is -2.23. The third-order valence-corrected chi connectivity index (χ3v) is 2.38. The number of pyridine rings is 1. The lowest BCUT2D eigenvalue weighted by Gasteiger charge is -2.16. The number of hydrogen-bond donors (Lipinski definition) is 3. The van der Waals surface area contributed by atoms with Crippen molar-refractivity contribution in [2.45, 2.75) is 32.2 Å². The first-order valence-electron chi connectivity index (χ1n) is 5.66. The average Bonchev–Trinajstić information content (AvgIpc) is 2.38. The third kappa shape index (κ3) is 4.06. The summed E-state index contributed by atoms with van der Waals surface area (Å²) in [6.45, 7) is 1.75. The Labute approximate surface area is 105 Å². The lowest BCUT2D eigenvalue weighted by atomic mass is 10.1. The molecule has 0 aliphatic carbocycles. The van der Waals surface area contributed by atoms with Gasteiger partial charge in [-0.3, -0.25) is 9.78 Å². The van der Waals surface area contributed by atoms with Gasteiger partial charge in [-0.15, -0.1) is 0 Å². The number of carbonyl (C=O) groups is 1. The molecule has 6 heteroatoms. The summed E-state index contributed by atoms with van der Waals surface area (Å²) in [6, 6.07) is 3.08. The van der Waals surface area contributed by atoms with Gasteiger partial charge in [-0.05, 0) is 18.6 Å². The number of esters is 1. The summed E-state index contributed by atoms with van der Waals surface area (Å²) in [5.41, 5.74) is 0.842. The Morgan fingerprint density at radius 2 is 2.17 bits per heavy atom. The highest BCUT2D eigenvalue weighted by molar-refractivity contribution is 5.70. The molecule has 0 aliphatic rings. The molecule has 100 valence electrons. The summed E-state index contributed by atoms with van der Waals surface area (Å²) in [7, 11) is 0. The maximum Gasteiger partial charge on any atom is 0.308 e. The van der Waals surface area contributed by atoms with Crippen LogP contribution in [0.15, 0.2) is 18.3 Å². The second-order valence-electron chi connectivity index (χ2n) is 3.77. The zero-order chi connectivity index (χ0) is 13.5. The van der Waals surface area contributed by atoms with E-state index in [0.717, 1.165) is 0 Å². The molecule has 0 saturated heterocycles. The highest BCUT2D eigenvalue weighted by Gasteiger charge is 2.23. The molecule has 6 nitrogen and oxygen atoms in total. The van der Waals surface area contributed by atoms with E-state index < -0.39 is 18.2 Å². The topological polar surface area (TPSA) is 99.9 Å². The summed E-state index contributed by atoms with van der Waals surface area (Å²) in [4.78, 5) is 15.0. The molecule has 0 aromatic carbocycles. The molecule has 1 rings (SSSR count). The van der Waals surface area contributed by atoms with Gasteiger partial charge in [-0.1, -0.05) is 6.07 Å². The molecule has 0 radical (unpaired) electrons. The molecule has 3 N–H and O–H groups in total. The standard InChI is InChI=1S/C12H17NO5/c1-2-18-11(16)5-10(15)12(17)9-4-3-8(7-14)6-13-9/h3-4,6,10,12,14-15,17H,2,5,7H2,1H3. The minimum atomic E-state index is -1.27. The summed E-state index contributed by atoms with van der Waals surface area (Å²) < 4.78 is 4.67. The smallest absolute Gasteiger partial charge is 0.308 e. The molecular formula is C12H17NO5. The van der Waals surface area contributed by atoms with Crippen LogP contribution in [0, 0.1) is 0 Å². The first-order valence-corrected chi connectivity index (χ1v) is 5.66. The SMILES string of the molecule is CCOC(=O)CC(O)C(O)c1ccc(CO)cn1. The Morgan fingerprint density at radius 1 is 1.44 bits per heavy atom. The van der Waals surface area contributed by atoms with Crippen molar-refractivity contribution in [2.24, 2.45) is 0 Å². The lowest BCUT2D eigenvalue weighted by molar-refractivity contribution is -0.147. The molecule has 1 aromatic rings. The third-order valence-electron chi connectivity index (χ3n) is 2.38. The fraction of sp³-hybridized carbons (Fsp3) is 0.500. The Hall–Kier alpha value is -1.50. The molecule has 0 aliphatic heterocycles. The summed E-state index contributed by atoms with van der Waals surface area (Å²) in [5, 5.41) is 28.3. The summed E-state index contributed by atoms with van der Waals surface area (Å²) in [6.07, 6.45) is -1.42. The van der Waals surface area contributed by atoms with Gasteiger partial charge in [-0.25, -0.2) is 0 Å². The first kappa shape index (κ1) is 14.6. The van der Waals surface area contributed by atoms with Crippen LogP contribution in [0.4, 0.5) is 0 Å². The summed E-state index contributed by atoms with van der Waals surface area (Å²) in [5.74, 6) is -0.573. The minimum absolute atomic E-state index is 0.144. The van der Waals surface area contributed by atoms with Gasteiger partial charge < -0.3 is 20.1 Å². The number of aliphatic hydroxyl groups excluding tert-OH is 3. The van der Waals surface area contributed by atoms with Crippen LogP contribution in [0.25, 0.3) is 0 Å². The molecule has 2 atom stereocenters. The van der Waals surface area contributed by atoms with Gasteiger partial charge in [0.25, 0.3) is 0 Å². The van der Waals surface area contributed by atoms with E-state index in [0.29, 0.717) is 5.56 Å². The zero-order valence-corrected chi connectivity index (χ0v) is 10.1. The average molecular weight is 255 g/mol. The predicted octanol–water partition coefficient (Wildman–Crippen LogP) is -0.0786. The number of nitrogens with zero attached hydrogens (tertiary/aromatic N) is 1. The molecule has 18 heavy (non-hydrogen) atoms. The van der Waals surface area contributed by atoms with Crippen molar-refractivity contribution >= 4 is 5.97 Å². The molecule has 0 bridgehead atoms. The molecule has 1 heterocycles. The molecule has 1 aromatic heterocycles. The molecule has 0 amide bonds. The van der Waals surface area contributed by atoms with Crippen molar-refractivity contribution in [3.63, 3.8) is 0 Å². The van der Waals surface area contributed by atoms with Gasteiger partial charge in [0.2, 0.25) is 0 Å². The van der Waals surface area contributed by atoms with E-state index in [1.54, 1.807) is 13.0 Å². The second kappa shape index (κ2) is 7.05. The van der Waals surface area contributed by atoms with Crippen LogP contribution in [-0.2, 0) is 16.1 Å². The minimum Gasteiger partial charge on any atom is -0.466 e. The van der Waals surface area contributed by atoms with Crippen LogP contribution in [-0.4, -0.2) is 39.0 Å². The van der Waals surface area contributed by atoms with Gasteiger partial charge >= 0.3 is 5.97 Å². The maximum absolute atomic E-state index is 11.1. The Bertz CT molecular complexity index is 379. The van der Waals surface area contributed by atoms with Gasteiger partial charge in [0.15, 0.2) is 0 Å². The van der Waals surface area contributed by atoms with Crippen molar-refractivity contribution in [2.75, 3.05) is 6.61 Å². The molecule has 0 fully saturated rings. The van der Waals surface area contributed by atoms with Crippen LogP contribution < -0.4 is 0 Å². The molecular weight excluding hydrogens is 238 g/mol. The van der Waals surface area contributed by atoms with E-state index in [2.05, 4.69) is 9.72 Å². The highest BCUT2D eigenvalue weighted by atomic mass is 16.5. The van der Waals surface area contributed by atoms with Crippen molar-refractivity contribution in [1.82, 2.24) is 4.98 Å². The number of carbonyl (C=O) groups excluding carboxylic acids is 1. The molecule has 0 spiro atoms. The Kier molecular flexibility index (Phi) is 5.70. The van der Waals surface area contributed by atoms with Crippen LogP contribution in [0.5, 0.6) is 0 Å². The van der Waals surface area contributed by atoms with E-state index in [1.165, 1.54) is 12.3 Å². The van der Waals surface area contributed by atoms with Crippen LogP contribution in [0.3, 0.4) is 0 Å². The van der Waals surface area contributed by atoms with Gasteiger partial charge in [0.05, 0.1) is 31.4 Å². The van der Waals surface area contributed by atoms with Crippen molar-refractivity contribution in [3.05, 3.63) is 29.6 Å². The van der Waals surface area contributed by atoms with Crippen molar-refractivity contribution < 1.29 is 24.9 Å². The van der Waals surface area contributed by atoms with Crippen molar-refractivity contribution in [3.8, 4) is 0 Å². The number of aromatic nitrogens is 1. The second-order valence-corrected chi connectivity index (χ2v) is 3.77. The highest BCUT2D eigenvalue weighted by Crippen LogP contribution is 2.17. The summed E-state index contributed by atoms with van der Waals surface area (Å²) >= 11 is 0. The van der Waals surface area contributed by atoms with E-state index in [-0.39, 0.29) is 25.3 Å². The van der Waals surface area contributed by atoms with E-state index in [4.69, 9.17) is 5.11 Å².